The number of rotatable bonds is 5. The van der Waals surface area contributed by atoms with Crippen molar-refractivity contribution in [1.82, 2.24) is 9.88 Å². The fourth-order valence-corrected chi connectivity index (χ4v) is 2.00. The number of pyridine rings is 1. The van der Waals surface area contributed by atoms with Crippen molar-refractivity contribution in [3.63, 3.8) is 0 Å². The van der Waals surface area contributed by atoms with Gasteiger partial charge in [0, 0.05) is 18.8 Å². The van der Waals surface area contributed by atoms with E-state index in [2.05, 4.69) is 4.98 Å². The zero-order chi connectivity index (χ0) is 13.8. The monoisotopic (exact) mass is 304 g/mol. The first-order valence-corrected chi connectivity index (χ1v) is 6.37. The first kappa shape index (κ1) is 14.1. The van der Waals surface area contributed by atoms with Gasteiger partial charge in [0.2, 0.25) is 0 Å². The zero-order valence-corrected chi connectivity index (χ0v) is 11.4. The van der Waals surface area contributed by atoms with Gasteiger partial charge in [0.15, 0.2) is 5.63 Å². The smallest absolute Gasteiger partial charge is 0.333 e. The van der Waals surface area contributed by atoms with Gasteiger partial charge >= 0.3 is 5.97 Å². The summed E-state index contributed by atoms with van der Waals surface area (Å²) in [4.78, 5) is 16.7. The molecular formula is C12H11Cl2FN2O2. The van der Waals surface area contributed by atoms with Crippen LogP contribution in [0.25, 0.3) is 0 Å². The molecule has 1 atom stereocenters. The van der Waals surface area contributed by atoms with E-state index in [0.29, 0.717) is 17.4 Å². The van der Waals surface area contributed by atoms with E-state index in [4.69, 9.17) is 27.9 Å². The Morgan fingerprint density at radius 2 is 2.32 bits per heavy atom. The number of alkyl halides is 2. The lowest BCUT2D eigenvalue weighted by atomic mass is 10.2. The van der Waals surface area contributed by atoms with E-state index in [1.165, 1.54) is 6.08 Å². The first-order chi connectivity index (χ1) is 9.04. The second-order valence-electron chi connectivity index (χ2n) is 4.00. The van der Waals surface area contributed by atoms with Crippen molar-refractivity contribution in [1.29, 1.82) is 0 Å². The molecular weight excluding hydrogens is 294 g/mol. The normalized spacial score (nSPS) is 15.9. The Kier molecular flexibility index (Phi) is 4.61. The van der Waals surface area contributed by atoms with Gasteiger partial charge in [0.25, 0.3) is 0 Å². The zero-order valence-electron chi connectivity index (χ0n) is 9.85. The highest BCUT2D eigenvalue weighted by atomic mass is 35.5. The molecule has 0 radical (unpaired) electrons. The van der Waals surface area contributed by atoms with Crippen LogP contribution >= 0.6 is 23.2 Å². The third kappa shape index (κ3) is 4.08. The summed E-state index contributed by atoms with van der Waals surface area (Å²) in [7, 11) is 0. The van der Waals surface area contributed by atoms with E-state index in [-0.39, 0.29) is 13.2 Å². The van der Waals surface area contributed by atoms with Crippen molar-refractivity contribution in [3.8, 4) is 0 Å². The van der Waals surface area contributed by atoms with Gasteiger partial charge in [-0.05, 0) is 11.6 Å². The summed E-state index contributed by atoms with van der Waals surface area (Å²) < 4.78 is 17.8. The molecule has 2 rings (SSSR count). The number of aromatic nitrogens is 1. The van der Waals surface area contributed by atoms with E-state index >= 15 is 0 Å². The van der Waals surface area contributed by atoms with Crippen molar-refractivity contribution in [3.05, 3.63) is 40.8 Å². The van der Waals surface area contributed by atoms with Crippen LogP contribution in [-0.2, 0) is 16.1 Å². The number of hydrogen-bond donors (Lipinski definition) is 0. The predicted molar refractivity (Wildman–Crippen MR) is 69.4 cm³/mol. The van der Waals surface area contributed by atoms with Crippen molar-refractivity contribution in [2.45, 2.75) is 12.2 Å². The summed E-state index contributed by atoms with van der Waals surface area (Å²) in [5, 5.41) is 0.384. The molecule has 0 amide bonds. The number of ether oxygens (including phenoxy) is 1. The van der Waals surface area contributed by atoms with Crippen molar-refractivity contribution in [2.24, 2.45) is 0 Å². The molecule has 2 heterocycles. The van der Waals surface area contributed by atoms with Gasteiger partial charge in [-0.3, -0.25) is 0 Å². The first-order valence-electron chi connectivity index (χ1n) is 5.55. The van der Waals surface area contributed by atoms with Crippen LogP contribution in [0.4, 0.5) is 4.39 Å². The molecule has 19 heavy (non-hydrogen) atoms. The molecule has 1 aromatic heterocycles. The molecule has 1 aliphatic heterocycles. The molecule has 4 nitrogen and oxygen atoms in total. The lowest BCUT2D eigenvalue weighted by Gasteiger charge is -2.24. The minimum atomic E-state index is -1.53. The number of cyclic esters (lactones) is 1. The highest BCUT2D eigenvalue weighted by molar-refractivity contribution is 6.29. The van der Waals surface area contributed by atoms with Crippen LogP contribution in [0.2, 0.25) is 5.15 Å². The second kappa shape index (κ2) is 6.21. The van der Waals surface area contributed by atoms with E-state index in [1.54, 1.807) is 23.2 Å². The van der Waals surface area contributed by atoms with Gasteiger partial charge < -0.3 is 9.64 Å². The number of esters is 1. The fourth-order valence-electron chi connectivity index (χ4n) is 1.72. The summed E-state index contributed by atoms with van der Waals surface area (Å²) in [5.74, 6) is -0.431. The van der Waals surface area contributed by atoms with Gasteiger partial charge in [-0.1, -0.05) is 29.3 Å². The van der Waals surface area contributed by atoms with Crippen molar-refractivity contribution in [2.75, 3.05) is 13.2 Å². The quantitative estimate of drug-likeness (QED) is 0.476. The van der Waals surface area contributed by atoms with E-state index in [9.17, 15) is 9.18 Å². The lowest BCUT2D eigenvalue weighted by Crippen LogP contribution is -2.28. The van der Waals surface area contributed by atoms with Crippen molar-refractivity contribution >= 4 is 29.2 Å². The molecule has 0 N–H and O–H groups in total. The lowest BCUT2D eigenvalue weighted by molar-refractivity contribution is -0.135. The summed E-state index contributed by atoms with van der Waals surface area (Å²) in [6.07, 6.45) is 2.93. The second-order valence-corrected chi connectivity index (χ2v) is 4.86. The molecule has 1 aromatic rings. The van der Waals surface area contributed by atoms with E-state index in [0.717, 1.165) is 5.56 Å². The van der Waals surface area contributed by atoms with Crippen LogP contribution in [0, 0.1) is 0 Å². The van der Waals surface area contributed by atoms with Gasteiger partial charge in [-0.15, -0.1) is 0 Å². The summed E-state index contributed by atoms with van der Waals surface area (Å²) in [6, 6.07) is 3.43. The minimum Gasteiger partial charge on any atom is -0.456 e. The average Bonchev–Trinajstić information content (AvgIpc) is 2.77. The SMILES string of the molecule is O=C1C=C(N(Cc2ccc(Cl)nc2)CC(F)Cl)CO1. The Balaban J connectivity index is 2.11. The molecule has 0 fully saturated rings. The summed E-state index contributed by atoms with van der Waals surface area (Å²) >= 11 is 11.1. The number of nitrogens with zero attached hydrogens (tertiary/aromatic N) is 2. The topological polar surface area (TPSA) is 42.4 Å². The minimum absolute atomic E-state index is 0.0351. The van der Waals surface area contributed by atoms with Gasteiger partial charge in [0.05, 0.1) is 12.2 Å². The third-order valence-electron chi connectivity index (χ3n) is 2.57. The van der Waals surface area contributed by atoms with Crippen LogP contribution in [0.5, 0.6) is 0 Å². The van der Waals surface area contributed by atoms with Gasteiger partial charge in [-0.25, -0.2) is 14.2 Å². The highest BCUT2D eigenvalue weighted by Gasteiger charge is 2.21. The largest absolute Gasteiger partial charge is 0.456 e. The maximum Gasteiger partial charge on any atom is 0.333 e. The number of carbonyl (C=O) groups excluding carboxylic acids is 1. The molecule has 0 saturated carbocycles. The third-order valence-corrected chi connectivity index (χ3v) is 2.94. The van der Waals surface area contributed by atoms with Gasteiger partial charge in [-0.2, -0.15) is 0 Å². The van der Waals surface area contributed by atoms with Crippen LogP contribution in [-0.4, -0.2) is 34.6 Å². The molecule has 7 heteroatoms. The number of halogens is 3. The van der Waals surface area contributed by atoms with E-state index in [1.807, 2.05) is 0 Å². The predicted octanol–water partition coefficient (Wildman–Crippen LogP) is 2.51. The fraction of sp³-hybridized carbons (Fsp3) is 0.333. The van der Waals surface area contributed by atoms with Crippen LogP contribution < -0.4 is 0 Å². The molecule has 0 saturated heterocycles. The molecule has 0 spiro atoms. The number of hydrogen-bond acceptors (Lipinski definition) is 4. The highest BCUT2D eigenvalue weighted by Crippen LogP contribution is 2.18. The summed E-state index contributed by atoms with van der Waals surface area (Å²) in [5.41, 5.74) is -0.0953. The Morgan fingerprint density at radius 1 is 1.53 bits per heavy atom. The van der Waals surface area contributed by atoms with Gasteiger partial charge in [0.1, 0.15) is 11.8 Å². The molecule has 102 valence electrons. The van der Waals surface area contributed by atoms with Crippen LogP contribution in [0.15, 0.2) is 30.1 Å². The maximum atomic E-state index is 13.0. The van der Waals surface area contributed by atoms with E-state index < -0.39 is 11.6 Å². The molecule has 0 aliphatic carbocycles. The molecule has 1 aliphatic rings. The Bertz CT molecular complexity index is 491. The molecule has 0 bridgehead atoms. The number of carbonyl (C=O) groups is 1. The Labute approximate surface area is 119 Å². The average molecular weight is 305 g/mol. The molecule has 1 unspecified atom stereocenters. The molecule has 0 aromatic carbocycles. The Hall–Kier alpha value is -1.33. The standard InChI is InChI=1S/C12H11Cl2FN2O2/c13-10(15)6-17(9-3-12(18)19-7-9)5-8-1-2-11(14)16-4-8/h1-4,10H,5-7H2. The van der Waals surface area contributed by atoms with Crippen LogP contribution in [0.3, 0.4) is 0 Å². The Morgan fingerprint density at radius 3 is 2.84 bits per heavy atom. The summed E-state index contributed by atoms with van der Waals surface area (Å²) in [6.45, 7) is 0.468. The van der Waals surface area contributed by atoms with Crippen LogP contribution in [0.1, 0.15) is 5.56 Å². The maximum absolute atomic E-state index is 13.0. The van der Waals surface area contributed by atoms with Crippen molar-refractivity contribution < 1.29 is 13.9 Å².